The maximum atomic E-state index is 9.20. The van der Waals surface area contributed by atoms with Crippen molar-refractivity contribution < 1.29 is 9.84 Å². The average Bonchev–Trinajstić information content (AvgIpc) is 2.77. The van der Waals surface area contributed by atoms with Crippen LogP contribution >= 0.6 is 0 Å². The molecule has 118 valence electrons. The third kappa shape index (κ3) is 6.55. The Morgan fingerprint density at radius 1 is 1.19 bits per heavy atom. The molecular formula is C17H28N2O2. The number of aliphatic hydroxyl groups is 1. The summed E-state index contributed by atoms with van der Waals surface area (Å²) < 4.78 is 6.04. The van der Waals surface area contributed by atoms with E-state index in [-0.39, 0.29) is 6.61 Å². The van der Waals surface area contributed by atoms with Crippen molar-refractivity contribution in [3.8, 4) is 0 Å². The maximum absolute atomic E-state index is 9.20. The van der Waals surface area contributed by atoms with Crippen LogP contribution in [-0.4, -0.2) is 47.4 Å². The predicted octanol–water partition coefficient (Wildman–Crippen LogP) is 2.62. The minimum absolute atomic E-state index is 0.184. The quantitative estimate of drug-likeness (QED) is 0.748. The molecule has 4 nitrogen and oxygen atoms in total. The summed E-state index contributed by atoms with van der Waals surface area (Å²) in [5, 5.41) is 9.20. The minimum atomic E-state index is 0.184. The second-order valence-corrected chi connectivity index (χ2v) is 5.85. The third-order valence-electron chi connectivity index (χ3n) is 4.11. The molecule has 1 fully saturated rings. The van der Waals surface area contributed by atoms with Gasteiger partial charge in [-0.15, -0.1) is 0 Å². The lowest BCUT2D eigenvalue weighted by Gasteiger charge is -2.23. The molecule has 0 aromatic carbocycles. The zero-order chi connectivity index (χ0) is 14.8. The molecule has 2 rings (SSSR count). The first-order valence-corrected chi connectivity index (χ1v) is 8.22. The Hall–Kier alpha value is -0.970. The first kappa shape index (κ1) is 16.4. The highest BCUT2D eigenvalue weighted by atomic mass is 16.5. The maximum Gasteiger partial charge on any atom is 0.0597 e. The highest BCUT2D eigenvalue weighted by Crippen LogP contribution is 2.19. The van der Waals surface area contributed by atoms with Crippen LogP contribution < -0.4 is 0 Å². The summed E-state index contributed by atoms with van der Waals surface area (Å²) in [5.74, 6) is 0. The fraction of sp³-hybridized carbons (Fsp3) is 0.706. The van der Waals surface area contributed by atoms with Crippen LogP contribution in [0.25, 0.3) is 0 Å². The van der Waals surface area contributed by atoms with Gasteiger partial charge >= 0.3 is 0 Å². The number of hydrogen-bond donors (Lipinski definition) is 1. The van der Waals surface area contributed by atoms with Crippen molar-refractivity contribution in [1.82, 2.24) is 9.88 Å². The van der Waals surface area contributed by atoms with Gasteiger partial charge in [-0.3, -0.25) is 9.88 Å². The van der Waals surface area contributed by atoms with E-state index in [1.54, 1.807) is 6.20 Å². The number of pyridine rings is 1. The smallest absolute Gasteiger partial charge is 0.0597 e. The van der Waals surface area contributed by atoms with Crippen molar-refractivity contribution in [2.45, 2.75) is 51.2 Å². The van der Waals surface area contributed by atoms with Gasteiger partial charge in [0.25, 0.3) is 0 Å². The molecule has 0 spiro atoms. The standard InChI is InChI=1S/C17H28N2O2/c20-12-10-19(15-16-6-5-9-18-14-16)11-13-21-17-7-3-1-2-4-8-17/h5-6,9,14,17,20H,1-4,7-8,10-13,15H2. The molecule has 0 radical (unpaired) electrons. The molecule has 0 saturated heterocycles. The monoisotopic (exact) mass is 292 g/mol. The van der Waals surface area contributed by atoms with E-state index < -0.39 is 0 Å². The van der Waals surface area contributed by atoms with E-state index in [0.717, 1.165) is 19.7 Å². The molecule has 21 heavy (non-hydrogen) atoms. The van der Waals surface area contributed by atoms with Crippen LogP contribution in [0.3, 0.4) is 0 Å². The van der Waals surface area contributed by atoms with Crippen molar-refractivity contribution in [2.24, 2.45) is 0 Å². The van der Waals surface area contributed by atoms with Crippen LogP contribution in [0, 0.1) is 0 Å². The van der Waals surface area contributed by atoms with Crippen molar-refractivity contribution in [3.05, 3.63) is 30.1 Å². The number of hydrogen-bond acceptors (Lipinski definition) is 4. The zero-order valence-electron chi connectivity index (χ0n) is 12.9. The molecular weight excluding hydrogens is 264 g/mol. The Morgan fingerprint density at radius 3 is 2.67 bits per heavy atom. The van der Waals surface area contributed by atoms with Gasteiger partial charge in [0, 0.05) is 32.0 Å². The molecule has 1 heterocycles. The normalized spacial score (nSPS) is 17.0. The van der Waals surface area contributed by atoms with Crippen molar-refractivity contribution in [2.75, 3.05) is 26.3 Å². The molecule has 4 heteroatoms. The van der Waals surface area contributed by atoms with E-state index in [0.29, 0.717) is 12.6 Å². The van der Waals surface area contributed by atoms with Gasteiger partial charge in [0.2, 0.25) is 0 Å². The van der Waals surface area contributed by atoms with Crippen LogP contribution in [0.4, 0.5) is 0 Å². The summed E-state index contributed by atoms with van der Waals surface area (Å²) in [5.41, 5.74) is 1.18. The van der Waals surface area contributed by atoms with E-state index in [9.17, 15) is 5.11 Å². The topological polar surface area (TPSA) is 45.6 Å². The Morgan fingerprint density at radius 2 is 2.00 bits per heavy atom. The average molecular weight is 292 g/mol. The predicted molar refractivity (Wildman–Crippen MR) is 84.0 cm³/mol. The number of nitrogens with zero attached hydrogens (tertiary/aromatic N) is 2. The summed E-state index contributed by atoms with van der Waals surface area (Å²) in [6.45, 7) is 3.31. The molecule has 0 atom stereocenters. The van der Waals surface area contributed by atoms with E-state index >= 15 is 0 Å². The van der Waals surface area contributed by atoms with Crippen LogP contribution in [0.1, 0.15) is 44.1 Å². The van der Waals surface area contributed by atoms with E-state index in [2.05, 4.69) is 16.0 Å². The molecule has 1 aromatic rings. The molecule has 1 N–H and O–H groups in total. The van der Waals surface area contributed by atoms with Gasteiger partial charge in [0.1, 0.15) is 0 Å². The van der Waals surface area contributed by atoms with Gasteiger partial charge in [0.05, 0.1) is 19.3 Å². The number of ether oxygens (including phenoxy) is 1. The fourth-order valence-corrected chi connectivity index (χ4v) is 2.92. The van der Waals surface area contributed by atoms with Gasteiger partial charge in [-0.05, 0) is 24.5 Å². The zero-order valence-corrected chi connectivity index (χ0v) is 12.9. The van der Waals surface area contributed by atoms with Gasteiger partial charge in [-0.1, -0.05) is 31.7 Å². The highest BCUT2D eigenvalue weighted by Gasteiger charge is 2.13. The van der Waals surface area contributed by atoms with Gasteiger partial charge < -0.3 is 9.84 Å². The Bertz CT molecular complexity index is 364. The molecule has 0 aliphatic heterocycles. The van der Waals surface area contributed by atoms with Crippen LogP contribution in [0.2, 0.25) is 0 Å². The van der Waals surface area contributed by atoms with E-state index in [4.69, 9.17) is 4.74 Å². The largest absolute Gasteiger partial charge is 0.395 e. The van der Waals surface area contributed by atoms with E-state index in [1.165, 1.54) is 44.1 Å². The molecule has 0 unspecified atom stereocenters. The van der Waals surface area contributed by atoms with Crippen molar-refractivity contribution in [1.29, 1.82) is 0 Å². The summed E-state index contributed by atoms with van der Waals surface area (Å²) in [4.78, 5) is 6.37. The lowest BCUT2D eigenvalue weighted by atomic mass is 10.1. The number of rotatable bonds is 8. The Kier molecular flexibility index (Phi) is 7.71. The molecule has 1 saturated carbocycles. The van der Waals surface area contributed by atoms with Crippen molar-refractivity contribution in [3.63, 3.8) is 0 Å². The summed E-state index contributed by atoms with van der Waals surface area (Å²) in [6.07, 6.45) is 11.9. The fourth-order valence-electron chi connectivity index (χ4n) is 2.92. The first-order chi connectivity index (χ1) is 10.4. The van der Waals surface area contributed by atoms with E-state index in [1.807, 2.05) is 12.3 Å². The first-order valence-electron chi connectivity index (χ1n) is 8.22. The summed E-state index contributed by atoms with van der Waals surface area (Å²) >= 11 is 0. The second kappa shape index (κ2) is 9.87. The number of aromatic nitrogens is 1. The van der Waals surface area contributed by atoms with Gasteiger partial charge in [-0.2, -0.15) is 0 Å². The molecule has 1 aliphatic carbocycles. The summed E-state index contributed by atoms with van der Waals surface area (Å²) in [7, 11) is 0. The lowest BCUT2D eigenvalue weighted by molar-refractivity contribution is 0.0253. The van der Waals surface area contributed by atoms with Crippen LogP contribution in [0.5, 0.6) is 0 Å². The lowest BCUT2D eigenvalue weighted by Crippen LogP contribution is -2.31. The molecule has 0 amide bonds. The molecule has 1 aliphatic rings. The van der Waals surface area contributed by atoms with Crippen LogP contribution in [-0.2, 0) is 11.3 Å². The van der Waals surface area contributed by atoms with Gasteiger partial charge in [-0.25, -0.2) is 0 Å². The summed E-state index contributed by atoms with van der Waals surface area (Å²) in [6, 6.07) is 4.03. The molecule has 1 aromatic heterocycles. The van der Waals surface area contributed by atoms with Gasteiger partial charge in [0.15, 0.2) is 0 Å². The second-order valence-electron chi connectivity index (χ2n) is 5.85. The Balaban J connectivity index is 1.71. The SMILES string of the molecule is OCCN(CCOC1CCCCCC1)Cc1cccnc1. The number of aliphatic hydroxyl groups excluding tert-OH is 1. The highest BCUT2D eigenvalue weighted by molar-refractivity contribution is 5.08. The molecule has 0 bridgehead atoms. The minimum Gasteiger partial charge on any atom is -0.395 e. The third-order valence-corrected chi connectivity index (χ3v) is 4.11. The van der Waals surface area contributed by atoms with Crippen molar-refractivity contribution >= 4 is 0 Å². The van der Waals surface area contributed by atoms with Crippen LogP contribution in [0.15, 0.2) is 24.5 Å². The Labute approximate surface area is 128 Å².